The van der Waals surface area contributed by atoms with Gasteiger partial charge in [0.1, 0.15) is 0 Å². The van der Waals surface area contributed by atoms with Crippen LogP contribution < -0.4 is 14.8 Å². The topological polar surface area (TPSA) is 90.9 Å². The zero-order valence-corrected chi connectivity index (χ0v) is 21.2. The van der Waals surface area contributed by atoms with Crippen molar-refractivity contribution in [3.05, 3.63) is 53.6 Å². The zero-order valence-electron chi connectivity index (χ0n) is 20.3. The molecule has 0 spiro atoms. The van der Waals surface area contributed by atoms with Crippen molar-refractivity contribution < 1.29 is 28.6 Å². The van der Waals surface area contributed by atoms with Gasteiger partial charge in [0.25, 0.3) is 0 Å². The Labute approximate surface area is 210 Å². The monoisotopic (exact) mass is 499 g/mol. The van der Waals surface area contributed by atoms with Crippen molar-refractivity contribution in [1.29, 1.82) is 0 Å². The summed E-state index contributed by atoms with van der Waals surface area (Å²) in [6, 6.07) is 12.6. The lowest BCUT2D eigenvalue weighted by molar-refractivity contribution is -0.127. The number of nitrogens with one attached hydrogen (secondary N) is 1. The summed E-state index contributed by atoms with van der Waals surface area (Å²) in [7, 11) is 3.17. The molecule has 0 saturated heterocycles. The van der Waals surface area contributed by atoms with Crippen LogP contribution in [0.1, 0.15) is 48.0 Å². The van der Waals surface area contributed by atoms with E-state index in [1.165, 1.54) is 11.8 Å². The largest absolute Gasteiger partial charge is 0.493 e. The minimum absolute atomic E-state index is 0.00274. The van der Waals surface area contributed by atoms with E-state index < -0.39 is 5.97 Å². The maximum absolute atomic E-state index is 12.6. The Hall–Kier alpha value is -3.00. The lowest BCUT2D eigenvalue weighted by Crippen LogP contribution is -2.27. The third-order valence-corrected chi connectivity index (χ3v) is 7.13. The fourth-order valence-corrected chi connectivity index (χ4v) is 4.97. The predicted octanol–water partition coefficient (Wildman–Crippen LogP) is 4.46. The van der Waals surface area contributed by atoms with E-state index in [0.717, 1.165) is 37.7 Å². The van der Waals surface area contributed by atoms with Gasteiger partial charge in [0.2, 0.25) is 5.91 Å². The first-order chi connectivity index (χ1) is 17.0. The molecular weight excluding hydrogens is 466 g/mol. The summed E-state index contributed by atoms with van der Waals surface area (Å²) < 4.78 is 15.9. The molecule has 188 valence electrons. The highest BCUT2D eigenvalue weighted by Gasteiger charge is 2.23. The van der Waals surface area contributed by atoms with Gasteiger partial charge in [-0.05, 0) is 49.1 Å². The Morgan fingerprint density at radius 1 is 0.971 bits per heavy atom. The van der Waals surface area contributed by atoms with Gasteiger partial charge in [-0.2, -0.15) is 0 Å². The maximum Gasteiger partial charge on any atom is 0.339 e. The second-order valence-corrected chi connectivity index (χ2v) is 9.47. The van der Waals surface area contributed by atoms with Crippen LogP contribution in [0.2, 0.25) is 0 Å². The number of rotatable bonds is 12. The molecule has 0 unspecified atom stereocenters. The minimum atomic E-state index is -0.536. The minimum Gasteiger partial charge on any atom is -0.493 e. The number of methoxy groups -OCH3 is 2. The normalized spacial score (nSPS) is 13.7. The molecule has 0 aromatic heterocycles. The van der Waals surface area contributed by atoms with E-state index in [9.17, 15) is 14.4 Å². The fraction of sp³-hybridized carbons (Fsp3) is 0.444. The van der Waals surface area contributed by atoms with E-state index >= 15 is 0 Å². The summed E-state index contributed by atoms with van der Waals surface area (Å²) in [5, 5.41) is 2.90. The zero-order chi connectivity index (χ0) is 25.0. The van der Waals surface area contributed by atoms with Crippen LogP contribution in [-0.4, -0.2) is 50.8 Å². The molecule has 1 aliphatic carbocycles. The van der Waals surface area contributed by atoms with Crippen LogP contribution in [0.25, 0.3) is 0 Å². The molecule has 0 radical (unpaired) electrons. The van der Waals surface area contributed by atoms with Crippen molar-refractivity contribution in [2.75, 3.05) is 33.1 Å². The lowest BCUT2D eigenvalue weighted by Gasteiger charge is -2.20. The predicted molar refractivity (Wildman–Crippen MR) is 135 cm³/mol. The first-order valence-corrected chi connectivity index (χ1v) is 12.9. The molecule has 0 heterocycles. The third-order valence-electron chi connectivity index (χ3n) is 6.06. The average molecular weight is 500 g/mol. The van der Waals surface area contributed by atoms with E-state index in [-0.39, 0.29) is 30.0 Å². The van der Waals surface area contributed by atoms with Gasteiger partial charge in [-0.3, -0.25) is 9.59 Å². The molecule has 8 heteroatoms. The summed E-state index contributed by atoms with van der Waals surface area (Å²) in [6.07, 6.45) is 5.68. The number of benzene rings is 2. The summed E-state index contributed by atoms with van der Waals surface area (Å²) in [5.41, 5.74) is 1.39. The SMILES string of the molecule is COc1ccc(CCNC(=O)CSc2ccccc2C(=O)OCC(=O)C2CCCCC2)cc1OC. The Morgan fingerprint density at radius 3 is 2.46 bits per heavy atom. The number of ether oxygens (including phenoxy) is 3. The van der Waals surface area contributed by atoms with Crippen molar-refractivity contribution in [3.63, 3.8) is 0 Å². The standard InChI is InChI=1S/C27H33NO6S/c1-32-23-13-12-19(16-24(23)33-2)14-15-28-26(30)18-35-25-11-7-6-10-21(25)27(31)34-17-22(29)20-8-4-3-5-9-20/h6-7,10-13,16,20H,3-5,8-9,14-15,17-18H2,1-2H3,(H,28,30). The van der Waals surface area contributed by atoms with Gasteiger partial charge < -0.3 is 19.5 Å². The number of amides is 1. The number of carbonyl (C=O) groups excluding carboxylic acids is 3. The van der Waals surface area contributed by atoms with Gasteiger partial charge in [-0.1, -0.05) is 37.5 Å². The van der Waals surface area contributed by atoms with Crippen LogP contribution in [0.5, 0.6) is 11.5 Å². The molecule has 0 aliphatic heterocycles. The number of ketones is 1. The van der Waals surface area contributed by atoms with Crippen LogP contribution in [0.15, 0.2) is 47.4 Å². The summed E-state index contributed by atoms with van der Waals surface area (Å²) >= 11 is 1.27. The second kappa shape index (κ2) is 13.8. The van der Waals surface area contributed by atoms with E-state index in [0.29, 0.717) is 34.9 Å². The quantitative estimate of drug-likeness (QED) is 0.341. The van der Waals surface area contributed by atoms with Gasteiger partial charge in [-0.25, -0.2) is 4.79 Å². The Kier molecular flexibility index (Phi) is 10.5. The molecule has 3 rings (SSSR count). The lowest BCUT2D eigenvalue weighted by atomic mass is 9.86. The smallest absolute Gasteiger partial charge is 0.339 e. The summed E-state index contributed by atoms with van der Waals surface area (Å²) in [5.74, 6) is 0.804. The van der Waals surface area contributed by atoms with E-state index in [1.807, 2.05) is 18.2 Å². The molecular formula is C27H33NO6S. The second-order valence-electron chi connectivity index (χ2n) is 8.45. The maximum atomic E-state index is 12.6. The van der Waals surface area contributed by atoms with Crippen LogP contribution in [0.4, 0.5) is 0 Å². The van der Waals surface area contributed by atoms with Gasteiger partial charge in [-0.15, -0.1) is 11.8 Å². The molecule has 1 aliphatic rings. The highest BCUT2D eigenvalue weighted by atomic mass is 32.2. The molecule has 1 saturated carbocycles. The number of Topliss-reactive ketones (excluding diaryl/α,β-unsaturated/α-hetero) is 1. The van der Waals surface area contributed by atoms with Crippen LogP contribution >= 0.6 is 11.8 Å². The number of carbonyl (C=O) groups is 3. The van der Waals surface area contributed by atoms with Crippen molar-refractivity contribution >= 4 is 29.4 Å². The molecule has 1 amide bonds. The Balaban J connectivity index is 1.45. The number of thioether (sulfide) groups is 1. The highest BCUT2D eigenvalue weighted by molar-refractivity contribution is 8.00. The van der Waals surface area contributed by atoms with Crippen LogP contribution in [0, 0.1) is 5.92 Å². The van der Waals surface area contributed by atoms with Gasteiger partial charge in [0, 0.05) is 17.4 Å². The fourth-order valence-electron chi connectivity index (χ4n) is 4.09. The number of hydrogen-bond donors (Lipinski definition) is 1. The van der Waals surface area contributed by atoms with E-state index in [2.05, 4.69) is 5.32 Å². The molecule has 0 bridgehead atoms. The summed E-state index contributed by atoms with van der Waals surface area (Å²) in [4.78, 5) is 38.0. The van der Waals surface area contributed by atoms with Gasteiger partial charge in [0.05, 0.1) is 25.5 Å². The summed E-state index contributed by atoms with van der Waals surface area (Å²) in [6.45, 7) is 0.279. The Morgan fingerprint density at radius 2 is 1.71 bits per heavy atom. The Bertz CT molecular complexity index is 1020. The highest BCUT2D eigenvalue weighted by Crippen LogP contribution is 2.28. The first-order valence-electron chi connectivity index (χ1n) is 11.9. The van der Waals surface area contributed by atoms with Crippen molar-refractivity contribution in [2.24, 2.45) is 5.92 Å². The van der Waals surface area contributed by atoms with Crippen molar-refractivity contribution in [2.45, 2.75) is 43.4 Å². The third kappa shape index (κ3) is 8.02. The molecule has 7 nitrogen and oxygen atoms in total. The molecule has 2 aromatic carbocycles. The molecule has 1 fully saturated rings. The average Bonchev–Trinajstić information content (AvgIpc) is 2.90. The van der Waals surface area contributed by atoms with Gasteiger partial charge >= 0.3 is 5.97 Å². The van der Waals surface area contributed by atoms with Gasteiger partial charge in [0.15, 0.2) is 23.9 Å². The van der Waals surface area contributed by atoms with Crippen molar-refractivity contribution in [3.8, 4) is 11.5 Å². The molecule has 2 aromatic rings. The number of hydrogen-bond acceptors (Lipinski definition) is 7. The molecule has 35 heavy (non-hydrogen) atoms. The van der Waals surface area contributed by atoms with Crippen LogP contribution in [-0.2, 0) is 20.7 Å². The number of esters is 1. The first kappa shape index (κ1) is 26.6. The van der Waals surface area contributed by atoms with E-state index in [4.69, 9.17) is 14.2 Å². The molecule has 1 N–H and O–H groups in total. The van der Waals surface area contributed by atoms with Crippen molar-refractivity contribution in [1.82, 2.24) is 5.32 Å². The van der Waals surface area contributed by atoms with Crippen LogP contribution in [0.3, 0.4) is 0 Å². The molecule has 0 atom stereocenters. The van der Waals surface area contributed by atoms with E-state index in [1.54, 1.807) is 38.5 Å².